The van der Waals surface area contributed by atoms with Gasteiger partial charge in [0.05, 0.1) is 12.5 Å². The van der Waals surface area contributed by atoms with Gasteiger partial charge in [-0.2, -0.15) is 0 Å². The standard InChI is InChI=1S/C27H40N8O7/c1-3-14(2)22(35-23(38)17(28)11-15-13-32-18-8-5-4-7-16(15)18)25(40)33-19(9-6-10-31-27(29)30)24(39)34-20(26(41)42)12-21(36)37/h4-5,7-8,13-14,17,19-20,22,32H,3,6,9-12,28H2,1-2H3,(H,33,40)(H,34,39)(H,35,38)(H,36,37)(H,41,42)(H4,29,30,31). The highest BCUT2D eigenvalue weighted by atomic mass is 16.4. The Morgan fingerprint density at radius 1 is 0.976 bits per heavy atom. The molecule has 0 bridgehead atoms. The van der Waals surface area contributed by atoms with E-state index < -0.39 is 60.2 Å². The van der Waals surface area contributed by atoms with Gasteiger partial charge >= 0.3 is 11.9 Å². The number of hydrogen-bond donors (Lipinski definition) is 9. The number of carboxylic acids is 2. The number of H-pyrrole nitrogens is 1. The number of rotatable bonds is 17. The molecule has 1 aromatic carbocycles. The van der Waals surface area contributed by atoms with Gasteiger partial charge in [0, 0.05) is 23.6 Å². The lowest BCUT2D eigenvalue weighted by molar-refractivity contribution is -0.147. The summed E-state index contributed by atoms with van der Waals surface area (Å²) in [4.78, 5) is 69.0. The predicted octanol–water partition coefficient (Wildman–Crippen LogP) is -0.849. The van der Waals surface area contributed by atoms with Crippen LogP contribution >= 0.6 is 0 Å². The van der Waals surface area contributed by atoms with Crippen LogP contribution in [-0.2, 0) is 30.4 Å². The van der Waals surface area contributed by atoms with Crippen molar-refractivity contribution in [2.45, 2.75) is 70.1 Å². The lowest BCUT2D eigenvalue weighted by atomic mass is 9.96. The van der Waals surface area contributed by atoms with E-state index in [0.29, 0.717) is 6.42 Å². The van der Waals surface area contributed by atoms with E-state index in [9.17, 15) is 29.1 Å². The van der Waals surface area contributed by atoms with Crippen LogP contribution in [0.4, 0.5) is 0 Å². The molecule has 0 aliphatic heterocycles. The molecule has 5 atom stereocenters. The first kappa shape index (κ1) is 33.5. The average molecular weight is 589 g/mol. The third kappa shape index (κ3) is 10.1. The van der Waals surface area contributed by atoms with Gasteiger partial charge in [-0.25, -0.2) is 4.79 Å². The quantitative estimate of drug-likeness (QED) is 0.0627. The maximum absolute atomic E-state index is 13.4. The number of nitrogens with two attached hydrogens (primary N) is 3. The number of benzene rings is 1. The van der Waals surface area contributed by atoms with E-state index in [1.54, 1.807) is 13.1 Å². The summed E-state index contributed by atoms with van der Waals surface area (Å²) in [5.74, 6) is -5.68. The third-order valence-corrected chi connectivity index (χ3v) is 6.82. The summed E-state index contributed by atoms with van der Waals surface area (Å²) in [6, 6.07) is 2.52. The lowest BCUT2D eigenvalue weighted by Crippen LogP contribution is -2.58. The SMILES string of the molecule is CCC(C)C(NC(=O)C(N)Cc1c[nH]c2ccccc12)C(=O)NC(CCCN=C(N)N)C(=O)NC(CC(=O)O)C(=O)O. The zero-order chi connectivity index (χ0) is 31.4. The van der Waals surface area contributed by atoms with Gasteiger partial charge in [-0.15, -0.1) is 0 Å². The maximum atomic E-state index is 13.4. The molecule has 0 radical (unpaired) electrons. The number of nitrogens with one attached hydrogen (secondary N) is 4. The number of aliphatic imine (C=N–C) groups is 1. The van der Waals surface area contributed by atoms with Gasteiger partial charge in [-0.3, -0.25) is 24.2 Å². The van der Waals surface area contributed by atoms with Crippen LogP contribution in [0.15, 0.2) is 35.5 Å². The molecule has 3 amide bonds. The van der Waals surface area contributed by atoms with E-state index in [0.717, 1.165) is 16.5 Å². The number of hydrogen-bond acceptors (Lipinski definition) is 7. The van der Waals surface area contributed by atoms with Crippen LogP contribution in [-0.4, -0.2) is 81.5 Å². The van der Waals surface area contributed by atoms with Crippen molar-refractivity contribution >= 4 is 46.5 Å². The summed E-state index contributed by atoms with van der Waals surface area (Å²) >= 11 is 0. The largest absolute Gasteiger partial charge is 0.481 e. The highest BCUT2D eigenvalue weighted by molar-refractivity contribution is 5.95. The zero-order valence-corrected chi connectivity index (χ0v) is 23.6. The van der Waals surface area contributed by atoms with Crippen molar-refractivity contribution in [3.05, 3.63) is 36.0 Å². The van der Waals surface area contributed by atoms with Gasteiger partial charge in [0.2, 0.25) is 17.7 Å². The van der Waals surface area contributed by atoms with E-state index in [2.05, 4.69) is 25.9 Å². The van der Waals surface area contributed by atoms with Crippen molar-refractivity contribution in [3.8, 4) is 0 Å². The smallest absolute Gasteiger partial charge is 0.326 e. The van der Waals surface area contributed by atoms with Crippen LogP contribution in [0.1, 0.15) is 45.1 Å². The molecule has 0 aliphatic rings. The average Bonchev–Trinajstić information content (AvgIpc) is 3.34. The number of carboxylic acid groups (broad SMARTS) is 2. The summed E-state index contributed by atoms with van der Waals surface area (Å²) < 4.78 is 0. The third-order valence-electron chi connectivity index (χ3n) is 6.82. The van der Waals surface area contributed by atoms with Crippen LogP contribution in [0.5, 0.6) is 0 Å². The second-order valence-corrected chi connectivity index (χ2v) is 10.0. The van der Waals surface area contributed by atoms with Crippen LogP contribution < -0.4 is 33.2 Å². The van der Waals surface area contributed by atoms with Crippen LogP contribution in [0.25, 0.3) is 10.9 Å². The van der Waals surface area contributed by atoms with E-state index in [-0.39, 0.29) is 37.7 Å². The van der Waals surface area contributed by atoms with Gasteiger partial charge in [0.15, 0.2) is 5.96 Å². The minimum atomic E-state index is -1.72. The lowest BCUT2D eigenvalue weighted by Gasteiger charge is -2.28. The Morgan fingerprint density at radius 3 is 2.26 bits per heavy atom. The molecule has 1 aromatic heterocycles. The van der Waals surface area contributed by atoms with E-state index in [4.69, 9.17) is 22.3 Å². The molecule has 5 unspecified atom stereocenters. The van der Waals surface area contributed by atoms with Gasteiger partial charge in [-0.05, 0) is 36.8 Å². The minimum Gasteiger partial charge on any atom is -0.481 e. The van der Waals surface area contributed by atoms with Gasteiger partial charge in [0.1, 0.15) is 18.1 Å². The van der Waals surface area contributed by atoms with Crippen molar-refractivity contribution in [1.82, 2.24) is 20.9 Å². The van der Waals surface area contributed by atoms with Crippen LogP contribution in [0.2, 0.25) is 0 Å². The molecular formula is C27H40N8O7. The van der Waals surface area contributed by atoms with Gasteiger partial charge in [-0.1, -0.05) is 38.5 Å². The van der Waals surface area contributed by atoms with Crippen molar-refractivity contribution in [1.29, 1.82) is 0 Å². The number of guanidine groups is 1. The second kappa shape index (κ2) is 16.0. The number of aromatic nitrogens is 1. The first-order chi connectivity index (χ1) is 19.8. The van der Waals surface area contributed by atoms with Crippen LogP contribution in [0, 0.1) is 5.92 Å². The Hall–Kier alpha value is -4.66. The number of carbonyl (C=O) groups is 5. The molecule has 0 spiro atoms. The highest BCUT2D eigenvalue weighted by Crippen LogP contribution is 2.19. The van der Waals surface area contributed by atoms with Crippen molar-refractivity contribution < 1.29 is 34.2 Å². The summed E-state index contributed by atoms with van der Waals surface area (Å²) in [6.45, 7) is 3.69. The first-order valence-corrected chi connectivity index (χ1v) is 13.6. The minimum absolute atomic E-state index is 0.00495. The molecule has 12 N–H and O–H groups in total. The topological polar surface area (TPSA) is 268 Å². The molecule has 0 saturated carbocycles. The molecule has 15 nitrogen and oxygen atoms in total. The molecule has 42 heavy (non-hydrogen) atoms. The number of aliphatic carboxylic acids is 2. The summed E-state index contributed by atoms with van der Waals surface area (Å²) in [7, 11) is 0. The van der Waals surface area contributed by atoms with E-state index >= 15 is 0 Å². The fourth-order valence-corrected chi connectivity index (χ4v) is 4.27. The molecule has 230 valence electrons. The Labute approximate surface area is 242 Å². The molecule has 15 heteroatoms. The number of amides is 3. The molecule has 0 aliphatic carbocycles. The Balaban J connectivity index is 2.18. The number of nitrogens with zero attached hydrogens (tertiary/aromatic N) is 1. The number of fused-ring (bicyclic) bond motifs is 1. The van der Waals surface area contributed by atoms with Gasteiger partial charge < -0.3 is 48.3 Å². The monoisotopic (exact) mass is 588 g/mol. The second-order valence-electron chi connectivity index (χ2n) is 10.0. The Morgan fingerprint density at radius 2 is 1.64 bits per heavy atom. The normalized spacial score (nSPS) is 14.5. The number of aromatic amines is 1. The Bertz CT molecular complexity index is 1290. The van der Waals surface area contributed by atoms with Crippen molar-refractivity contribution in [3.63, 3.8) is 0 Å². The summed E-state index contributed by atoms with van der Waals surface area (Å²) in [5.41, 5.74) is 18.6. The maximum Gasteiger partial charge on any atom is 0.326 e. The zero-order valence-electron chi connectivity index (χ0n) is 23.6. The number of carbonyl (C=O) groups excluding carboxylic acids is 3. The molecule has 0 saturated heterocycles. The molecule has 2 aromatic rings. The van der Waals surface area contributed by atoms with Crippen molar-refractivity contribution in [2.75, 3.05) is 6.54 Å². The van der Waals surface area contributed by atoms with Gasteiger partial charge in [0.25, 0.3) is 0 Å². The van der Waals surface area contributed by atoms with Crippen molar-refractivity contribution in [2.24, 2.45) is 28.1 Å². The fourth-order valence-electron chi connectivity index (χ4n) is 4.27. The van der Waals surface area contributed by atoms with E-state index in [1.807, 2.05) is 31.2 Å². The molecule has 1 heterocycles. The first-order valence-electron chi connectivity index (χ1n) is 13.6. The fraction of sp³-hybridized carbons (Fsp3) is 0.481. The summed E-state index contributed by atoms with van der Waals surface area (Å²) in [5, 5.41) is 26.7. The highest BCUT2D eigenvalue weighted by Gasteiger charge is 2.33. The Kier molecular flexibility index (Phi) is 12.7. The predicted molar refractivity (Wildman–Crippen MR) is 155 cm³/mol. The molecule has 0 fully saturated rings. The molecule has 2 rings (SSSR count). The molecular weight excluding hydrogens is 548 g/mol. The summed E-state index contributed by atoms with van der Waals surface area (Å²) in [6.07, 6.45) is 1.84. The van der Waals surface area contributed by atoms with Crippen LogP contribution in [0.3, 0.4) is 0 Å². The van der Waals surface area contributed by atoms with E-state index in [1.165, 1.54) is 0 Å². The number of para-hydroxylation sites is 1.